The quantitative estimate of drug-likeness (QED) is 0.514. The highest BCUT2D eigenvalue weighted by Crippen LogP contribution is 2.57. The van der Waals surface area contributed by atoms with Gasteiger partial charge in [0, 0.05) is 32.7 Å². The second kappa shape index (κ2) is 4.54. The number of carbonyl (C=O) groups excluding carboxylic acids is 4. The summed E-state index contributed by atoms with van der Waals surface area (Å²) >= 11 is 0. The molecule has 0 aromatic heterocycles. The Bertz CT molecular complexity index is 494. The highest BCUT2D eigenvalue weighted by Gasteiger charge is 2.68. The molecule has 1 aliphatic heterocycles. The summed E-state index contributed by atoms with van der Waals surface area (Å²) in [5, 5.41) is 0. The van der Waals surface area contributed by atoms with Crippen LogP contribution in [0.15, 0.2) is 0 Å². The molecular formula is C14H17NO6. The minimum absolute atomic E-state index is 0.226. The molecule has 1 heterocycles. The number of nitrogens with zero attached hydrogens (tertiary/aromatic N) is 1. The first kappa shape index (κ1) is 14.0. The van der Waals surface area contributed by atoms with E-state index in [0.29, 0.717) is 6.42 Å². The van der Waals surface area contributed by atoms with E-state index in [-0.39, 0.29) is 23.7 Å². The molecule has 2 amide bonds. The minimum Gasteiger partial charge on any atom is -0.458 e. The number of amides is 2. The van der Waals surface area contributed by atoms with Crippen LogP contribution in [0, 0.1) is 23.7 Å². The van der Waals surface area contributed by atoms with Crippen molar-refractivity contribution in [3.8, 4) is 0 Å². The lowest BCUT2D eigenvalue weighted by molar-refractivity contribution is -0.175. The lowest BCUT2D eigenvalue weighted by Crippen LogP contribution is -2.47. The Hall–Kier alpha value is -1.92. The maximum absolute atomic E-state index is 12.2. The van der Waals surface area contributed by atoms with Crippen LogP contribution < -0.4 is 0 Å². The van der Waals surface area contributed by atoms with E-state index < -0.39 is 36.0 Å². The van der Waals surface area contributed by atoms with E-state index in [2.05, 4.69) is 0 Å². The molecule has 2 bridgehead atoms. The third-order valence-corrected chi connectivity index (χ3v) is 4.86. The highest BCUT2D eigenvalue weighted by molar-refractivity contribution is 6.06. The molecule has 0 N–H and O–H groups in total. The van der Waals surface area contributed by atoms with Gasteiger partial charge in [0.15, 0.2) is 0 Å². The maximum Gasteiger partial charge on any atom is 0.303 e. The van der Waals surface area contributed by atoms with Crippen molar-refractivity contribution in [2.45, 2.75) is 32.5 Å². The van der Waals surface area contributed by atoms with Gasteiger partial charge in [0.25, 0.3) is 0 Å². The van der Waals surface area contributed by atoms with Gasteiger partial charge in [-0.2, -0.15) is 0 Å². The van der Waals surface area contributed by atoms with Gasteiger partial charge in [-0.3, -0.25) is 24.1 Å². The van der Waals surface area contributed by atoms with Gasteiger partial charge in [-0.1, -0.05) is 0 Å². The van der Waals surface area contributed by atoms with E-state index in [1.807, 2.05) is 0 Å². The van der Waals surface area contributed by atoms with Crippen LogP contribution in [0.3, 0.4) is 0 Å². The Kier molecular flexibility index (Phi) is 3.04. The summed E-state index contributed by atoms with van der Waals surface area (Å²) in [6, 6.07) is 0. The predicted molar refractivity (Wildman–Crippen MR) is 67.5 cm³/mol. The SMILES string of the molecule is CC(=O)O[C@@H]1[C@H]2C[C@@H]([C@@H]1OC(C)=O)[C@@H]1C(=O)N(C)C(=O)[C@@H]21. The number of hydrogen-bond acceptors (Lipinski definition) is 6. The zero-order valence-electron chi connectivity index (χ0n) is 12.1. The average Bonchev–Trinajstić information content (AvgIpc) is 2.98. The Balaban J connectivity index is 1.93. The zero-order chi connectivity index (χ0) is 15.5. The van der Waals surface area contributed by atoms with E-state index in [1.165, 1.54) is 20.9 Å². The third kappa shape index (κ3) is 1.86. The second-order valence-electron chi connectivity index (χ2n) is 6.00. The third-order valence-electron chi connectivity index (χ3n) is 4.86. The molecular weight excluding hydrogens is 278 g/mol. The van der Waals surface area contributed by atoms with Crippen LogP contribution in [-0.2, 0) is 28.7 Å². The monoisotopic (exact) mass is 295 g/mol. The van der Waals surface area contributed by atoms with Crippen LogP contribution in [0.2, 0.25) is 0 Å². The summed E-state index contributed by atoms with van der Waals surface area (Å²) in [4.78, 5) is 48.1. The van der Waals surface area contributed by atoms with E-state index in [1.54, 1.807) is 0 Å². The Morgan fingerprint density at radius 3 is 1.67 bits per heavy atom. The molecule has 0 unspecified atom stereocenters. The summed E-state index contributed by atoms with van der Waals surface area (Å²) in [5.74, 6) is -2.83. The van der Waals surface area contributed by atoms with Crippen molar-refractivity contribution in [2.75, 3.05) is 7.05 Å². The van der Waals surface area contributed by atoms with Crippen molar-refractivity contribution in [3.05, 3.63) is 0 Å². The lowest BCUT2D eigenvalue weighted by Gasteiger charge is -2.34. The molecule has 0 aromatic rings. The van der Waals surface area contributed by atoms with Crippen molar-refractivity contribution in [2.24, 2.45) is 23.7 Å². The van der Waals surface area contributed by atoms with Crippen molar-refractivity contribution < 1.29 is 28.7 Å². The molecule has 2 aliphatic carbocycles. The number of ether oxygens (including phenoxy) is 2. The average molecular weight is 295 g/mol. The van der Waals surface area contributed by atoms with Crippen molar-refractivity contribution in [1.29, 1.82) is 0 Å². The van der Waals surface area contributed by atoms with Crippen LogP contribution in [0.1, 0.15) is 20.3 Å². The first-order chi connectivity index (χ1) is 9.82. The predicted octanol–water partition coefficient (Wildman–Crippen LogP) is -0.269. The number of imide groups is 1. The second-order valence-corrected chi connectivity index (χ2v) is 6.00. The zero-order valence-corrected chi connectivity index (χ0v) is 12.1. The summed E-state index contributed by atoms with van der Waals surface area (Å²) < 4.78 is 10.6. The number of likely N-dealkylation sites (tertiary alicyclic amines) is 1. The highest BCUT2D eigenvalue weighted by atomic mass is 16.6. The lowest BCUT2D eigenvalue weighted by atomic mass is 9.78. The summed E-state index contributed by atoms with van der Waals surface area (Å²) in [6.07, 6.45) is -0.710. The molecule has 3 aliphatic rings. The van der Waals surface area contributed by atoms with Gasteiger partial charge in [0.05, 0.1) is 11.8 Å². The van der Waals surface area contributed by atoms with E-state index in [4.69, 9.17) is 9.47 Å². The molecule has 3 rings (SSSR count). The van der Waals surface area contributed by atoms with E-state index in [9.17, 15) is 19.2 Å². The molecule has 3 fully saturated rings. The van der Waals surface area contributed by atoms with Gasteiger partial charge in [-0.25, -0.2) is 0 Å². The topological polar surface area (TPSA) is 90.0 Å². The largest absolute Gasteiger partial charge is 0.458 e. The molecule has 6 atom stereocenters. The fraction of sp³-hybridized carbons (Fsp3) is 0.714. The van der Waals surface area contributed by atoms with Crippen molar-refractivity contribution in [3.63, 3.8) is 0 Å². The van der Waals surface area contributed by atoms with Gasteiger partial charge < -0.3 is 9.47 Å². The summed E-state index contributed by atoms with van der Waals surface area (Å²) in [6.45, 7) is 2.56. The van der Waals surface area contributed by atoms with Gasteiger partial charge in [-0.15, -0.1) is 0 Å². The van der Waals surface area contributed by atoms with Crippen LogP contribution in [0.25, 0.3) is 0 Å². The molecule has 2 saturated carbocycles. The van der Waals surface area contributed by atoms with E-state index in [0.717, 1.165) is 4.90 Å². The molecule has 1 saturated heterocycles. The first-order valence-corrected chi connectivity index (χ1v) is 6.98. The fourth-order valence-corrected chi connectivity index (χ4v) is 4.23. The minimum atomic E-state index is -0.638. The standard InChI is InChI=1S/C14H17NO6/c1-5(16)20-11-7-4-8(12(11)21-6(2)17)10-9(7)13(18)15(3)14(10)19/h7-12H,4H2,1-3H3/t7-,8+,9-,10-,11+,12-/m0/s1. The van der Waals surface area contributed by atoms with Crippen LogP contribution >= 0.6 is 0 Å². The maximum atomic E-state index is 12.2. The molecule has 0 spiro atoms. The van der Waals surface area contributed by atoms with Crippen LogP contribution in [0.5, 0.6) is 0 Å². The number of rotatable bonds is 2. The van der Waals surface area contributed by atoms with Crippen LogP contribution in [0.4, 0.5) is 0 Å². The molecule has 0 radical (unpaired) electrons. The molecule has 114 valence electrons. The Morgan fingerprint density at radius 1 is 0.952 bits per heavy atom. The molecule has 21 heavy (non-hydrogen) atoms. The van der Waals surface area contributed by atoms with E-state index >= 15 is 0 Å². The van der Waals surface area contributed by atoms with Gasteiger partial charge in [0.1, 0.15) is 12.2 Å². The fourth-order valence-electron chi connectivity index (χ4n) is 4.23. The van der Waals surface area contributed by atoms with Gasteiger partial charge in [-0.05, 0) is 6.42 Å². The van der Waals surface area contributed by atoms with Gasteiger partial charge >= 0.3 is 11.9 Å². The summed E-state index contributed by atoms with van der Waals surface area (Å²) in [7, 11) is 1.46. The number of hydrogen-bond donors (Lipinski definition) is 0. The first-order valence-electron chi connectivity index (χ1n) is 6.98. The van der Waals surface area contributed by atoms with Crippen molar-refractivity contribution in [1.82, 2.24) is 4.90 Å². The number of fused-ring (bicyclic) bond motifs is 5. The normalized spacial score (nSPS) is 40.4. The molecule has 7 heteroatoms. The van der Waals surface area contributed by atoms with Gasteiger partial charge in [0.2, 0.25) is 11.8 Å². The Labute approximate surface area is 121 Å². The number of carbonyl (C=O) groups is 4. The van der Waals surface area contributed by atoms with Crippen LogP contribution in [-0.4, -0.2) is 47.9 Å². The molecule has 7 nitrogen and oxygen atoms in total. The molecule has 0 aromatic carbocycles. The van der Waals surface area contributed by atoms with Crippen molar-refractivity contribution >= 4 is 23.8 Å². The Morgan fingerprint density at radius 2 is 1.33 bits per heavy atom. The summed E-state index contributed by atoms with van der Waals surface area (Å²) in [5.41, 5.74) is 0. The smallest absolute Gasteiger partial charge is 0.303 e. The number of esters is 2.